The van der Waals surface area contributed by atoms with E-state index < -0.39 is 0 Å². The van der Waals surface area contributed by atoms with Crippen molar-refractivity contribution >= 4 is 0 Å². The predicted molar refractivity (Wildman–Crippen MR) is 49.3 cm³/mol. The second-order valence-electron chi connectivity index (χ2n) is 3.97. The van der Waals surface area contributed by atoms with Gasteiger partial charge in [0.05, 0.1) is 0 Å². The molecule has 0 amide bonds. The largest absolute Gasteiger partial charge is 0.340 e. The second kappa shape index (κ2) is 5.39. The summed E-state index contributed by atoms with van der Waals surface area (Å²) < 4.78 is 0. The van der Waals surface area contributed by atoms with Gasteiger partial charge in [0.25, 0.3) is 0 Å². The van der Waals surface area contributed by atoms with Crippen molar-refractivity contribution in [3.63, 3.8) is 0 Å². The first-order valence-electron chi connectivity index (χ1n) is 4.70. The van der Waals surface area contributed by atoms with Gasteiger partial charge in [-0.25, -0.2) is 0 Å². The van der Waals surface area contributed by atoms with Crippen LogP contribution in [0.1, 0.15) is 20.8 Å². The summed E-state index contributed by atoms with van der Waals surface area (Å²) in [5.74, 6) is 2.22. The zero-order valence-corrected chi connectivity index (χ0v) is 11.3. The van der Waals surface area contributed by atoms with E-state index in [2.05, 4.69) is 32.6 Å². The average Bonchev–Trinajstić information content (AvgIpc) is 1.99. The molecule has 2 unspecified atom stereocenters. The molecule has 1 saturated heterocycles. The molecule has 1 aliphatic rings. The first-order chi connectivity index (χ1) is 5.15. The smallest absolute Gasteiger partial charge is 0 e. The van der Waals surface area contributed by atoms with E-state index in [0.717, 1.165) is 11.8 Å². The minimum atomic E-state index is 0. The molecule has 0 aromatic heterocycles. The molecule has 72 valence electrons. The minimum Gasteiger partial charge on any atom is -0.340 e. The molecule has 0 aromatic carbocycles. The first-order valence-corrected chi connectivity index (χ1v) is 4.70. The maximum absolute atomic E-state index is 4.20. The van der Waals surface area contributed by atoms with Crippen molar-refractivity contribution in [1.82, 2.24) is 4.90 Å². The Kier molecular flexibility index (Phi) is 5.69. The van der Waals surface area contributed by atoms with Crippen molar-refractivity contribution in [3.8, 4) is 0 Å². The summed E-state index contributed by atoms with van der Waals surface area (Å²) in [5.41, 5.74) is 0. The zero-order valence-electron chi connectivity index (χ0n) is 8.42. The first kappa shape index (κ1) is 12.6. The predicted octanol–water partition coefficient (Wildman–Crippen LogP) is 2.04. The van der Waals surface area contributed by atoms with Crippen LogP contribution in [0.25, 0.3) is 0 Å². The maximum Gasteiger partial charge on any atom is 0 e. The van der Waals surface area contributed by atoms with E-state index >= 15 is 0 Å². The van der Waals surface area contributed by atoms with Gasteiger partial charge in [0.15, 0.2) is 0 Å². The van der Waals surface area contributed by atoms with Gasteiger partial charge in [-0.2, -0.15) is 5.92 Å². The number of hydrogen-bond acceptors (Lipinski definition) is 1. The summed E-state index contributed by atoms with van der Waals surface area (Å²) >= 11 is 0. The molecule has 1 nitrogen and oxygen atoms in total. The van der Waals surface area contributed by atoms with Crippen molar-refractivity contribution < 1.29 is 21.1 Å². The Bertz CT molecular complexity index is 115. The molecular formula is C10H20NW-. The fraction of sp³-hybridized carbons (Fsp3) is 0.900. The Morgan fingerprint density at radius 3 is 2.00 bits per heavy atom. The van der Waals surface area contributed by atoms with Crippen LogP contribution in [0, 0.1) is 24.7 Å². The molecule has 1 fully saturated rings. The van der Waals surface area contributed by atoms with Gasteiger partial charge < -0.3 is 11.8 Å². The molecular weight excluding hydrogens is 318 g/mol. The normalized spacial score (nSPS) is 37.5. The van der Waals surface area contributed by atoms with E-state index in [9.17, 15) is 0 Å². The van der Waals surface area contributed by atoms with E-state index in [0.29, 0.717) is 5.92 Å². The number of rotatable bonds is 1. The zero-order chi connectivity index (χ0) is 8.43. The van der Waals surface area contributed by atoms with Gasteiger partial charge >= 0.3 is 0 Å². The van der Waals surface area contributed by atoms with E-state index in [-0.39, 0.29) is 21.1 Å². The molecule has 0 N–H and O–H groups in total. The Hall–Kier alpha value is 0.648. The molecule has 2 heteroatoms. The minimum absolute atomic E-state index is 0. The van der Waals surface area contributed by atoms with Crippen LogP contribution < -0.4 is 0 Å². The summed E-state index contributed by atoms with van der Waals surface area (Å²) in [5, 5.41) is 0. The van der Waals surface area contributed by atoms with Crippen LogP contribution in [-0.4, -0.2) is 24.5 Å². The molecule has 1 aliphatic heterocycles. The molecule has 0 bridgehead atoms. The topological polar surface area (TPSA) is 3.24 Å². The van der Waals surface area contributed by atoms with Gasteiger partial charge in [-0.05, 0) is 19.6 Å². The Morgan fingerprint density at radius 2 is 1.67 bits per heavy atom. The standard InChI is InChI=1S/C10H20N.W/c1-5-11-6-8(2)10(4)9(3)7-11;/h8-10H,4-7H2,1-3H3;/q-1;. The number of hydrogen-bond donors (Lipinski definition) is 0. The molecule has 0 spiro atoms. The van der Waals surface area contributed by atoms with Gasteiger partial charge in [0, 0.05) is 21.1 Å². The Morgan fingerprint density at radius 1 is 1.25 bits per heavy atom. The summed E-state index contributed by atoms with van der Waals surface area (Å²) in [6.45, 7) is 14.8. The van der Waals surface area contributed by atoms with Crippen LogP contribution in [0.2, 0.25) is 0 Å². The van der Waals surface area contributed by atoms with Crippen LogP contribution in [0.3, 0.4) is 0 Å². The SMILES string of the molecule is [CH2-]C1C(C)CN(CC)CC1C.[W]. The Labute approximate surface area is 91.2 Å². The van der Waals surface area contributed by atoms with Gasteiger partial charge in [0.1, 0.15) is 0 Å². The average molecular weight is 338 g/mol. The van der Waals surface area contributed by atoms with Gasteiger partial charge in [-0.3, -0.25) is 0 Å². The fourth-order valence-corrected chi connectivity index (χ4v) is 1.98. The number of nitrogens with zero attached hydrogens (tertiary/aromatic N) is 1. The van der Waals surface area contributed by atoms with Crippen molar-refractivity contribution in [2.24, 2.45) is 17.8 Å². The Balaban J connectivity index is 0.00000121. The monoisotopic (exact) mass is 338 g/mol. The molecule has 0 radical (unpaired) electrons. The molecule has 2 atom stereocenters. The summed E-state index contributed by atoms with van der Waals surface area (Å²) in [6.07, 6.45) is 0. The summed E-state index contributed by atoms with van der Waals surface area (Å²) in [6, 6.07) is 0. The fourth-order valence-electron chi connectivity index (χ4n) is 1.98. The van der Waals surface area contributed by atoms with E-state index in [1.807, 2.05) is 0 Å². The van der Waals surface area contributed by atoms with Gasteiger partial charge in [-0.1, -0.05) is 32.6 Å². The number of likely N-dealkylation sites (tertiary alicyclic amines) is 1. The van der Waals surface area contributed by atoms with E-state index in [1.54, 1.807) is 0 Å². The molecule has 1 heterocycles. The van der Waals surface area contributed by atoms with Crippen LogP contribution in [0.15, 0.2) is 0 Å². The molecule has 0 aromatic rings. The summed E-state index contributed by atoms with van der Waals surface area (Å²) in [7, 11) is 0. The van der Waals surface area contributed by atoms with Crippen molar-refractivity contribution in [1.29, 1.82) is 0 Å². The van der Waals surface area contributed by atoms with Gasteiger partial charge in [0.2, 0.25) is 0 Å². The third-order valence-corrected chi connectivity index (χ3v) is 3.00. The van der Waals surface area contributed by atoms with Crippen LogP contribution in [0.5, 0.6) is 0 Å². The summed E-state index contributed by atoms with van der Waals surface area (Å²) in [4.78, 5) is 2.52. The quantitative estimate of drug-likeness (QED) is 0.662. The van der Waals surface area contributed by atoms with E-state index in [4.69, 9.17) is 0 Å². The van der Waals surface area contributed by atoms with Crippen molar-refractivity contribution in [2.75, 3.05) is 19.6 Å². The van der Waals surface area contributed by atoms with Crippen molar-refractivity contribution in [3.05, 3.63) is 6.92 Å². The molecule has 12 heavy (non-hydrogen) atoms. The van der Waals surface area contributed by atoms with Crippen LogP contribution in [0.4, 0.5) is 0 Å². The third-order valence-electron chi connectivity index (χ3n) is 3.00. The number of piperidine rings is 1. The molecule has 0 aliphatic carbocycles. The van der Waals surface area contributed by atoms with Crippen LogP contribution in [-0.2, 0) is 21.1 Å². The van der Waals surface area contributed by atoms with Crippen molar-refractivity contribution in [2.45, 2.75) is 20.8 Å². The molecule has 0 saturated carbocycles. The third kappa shape index (κ3) is 2.85. The maximum atomic E-state index is 4.20. The molecule has 1 rings (SSSR count). The van der Waals surface area contributed by atoms with Crippen LogP contribution >= 0.6 is 0 Å². The van der Waals surface area contributed by atoms with E-state index in [1.165, 1.54) is 19.6 Å². The van der Waals surface area contributed by atoms with Gasteiger partial charge in [-0.15, -0.1) is 0 Å². The second-order valence-corrected chi connectivity index (χ2v) is 3.97.